The number of allylic oxidation sites excluding steroid dienone is 2. The van der Waals surface area contributed by atoms with E-state index in [-0.39, 0.29) is 72.0 Å². The van der Waals surface area contributed by atoms with E-state index in [9.17, 15) is 32.2 Å². The number of epoxide rings is 1. The topological polar surface area (TPSA) is 142 Å². The molecule has 1 aliphatic heterocycles. The van der Waals surface area contributed by atoms with Gasteiger partial charge in [-0.1, -0.05) is 197 Å². The number of ether oxygens (including phenoxy) is 1. The van der Waals surface area contributed by atoms with Crippen LogP contribution >= 0.6 is 0 Å². The van der Waals surface area contributed by atoms with Crippen LogP contribution in [0.1, 0.15) is 228 Å². The van der Waals surface area contributed by atoms with Crippen molar-refractivity contribution in [1.82, 2.24) is 0 Å². The third-order valence-corrected chi connectivity index (χ3v) is 30.7. The van der Waals surface area contributed by atoms with E-state index in [0.29, 0.717) is 63.2 Å². The van der Waals surface area contributed by atoms with Crippen LogP contribution in [0.4, 0.5) is 0 Å². The van der Waals surface area contributed by atoms with Crippen LogP contribution < -0.4 is 18.9 Å². The number of aliphatic hydroxyl groups is 3. The zero-order valence-electron chi connectivity index (χ0n) is 57.4. The first-order chi connectivity index (χ1) is 42.8. The standard InChI is InChI=1S/C38H52O4S.C30H44O3S.C8H8O.C4H9.CH4.Li/c1-5-38(40)23-22-36(3)28(25-38)16-17-30-32-19-18-31(37(32,4)21-20-33(30)36)26(2)35(24-34(39)27-12-8-6-9-13-27)43(41,42)29-14-10-7-11-15-29;1-5-30(31)18-17-28(3)22(19-30)11-12-24-26-14-13-25(29(26,4)16-15-27(24)28)21(2)20-34(32,33)23-9-7-6-8-10-23;1-2-4-7(5-3-1)8-6-9-8;1-3-4-2;;/h6-16,26,30-35,39-40H,5,17-25H2,1-4H3;6-11,21,24-27,31H,5,12-20H2,1-4H3;1-5,8H,6H2;1,3-4H2,2H3;1H4;/q;;;-1;;+1/t26-,30-,31+,32-,33-,34+,35?,36-,37+,38-;21-,24+,25-,26+,27+,28+,29-,30+;8-;;;/m011.../s1. The van der Waals surface area contributed by atoms with Gasteiger partial charge in [0.15, 0.2) is 19.7 Å². The molecule has 0 spiro atoms. The first kappa shape index (κ1) is 74.5. The van der Waals surface area contributed by atoms with Crippen molar-refractivity contribution < 1.29 is 55.8 Å². The van der Waals surface area contributed by atoms with E-state index in [4.69, 9.17) is 4.74 Å². The third-order valence-electron chi connectivity index (χ3n) is 26.4. The second-order valence-corrected chi connectivity index (χ2v) is 35.3. The molecule has 4 aromatic carbocycles. The van der Waals surface area contributed by atoms with Gasteiger partial charge < -0.3 is 27.0 Å². The Morgan fingerprint density at radius 1 is 0.576 bits per heavy atom. The minimum atomic E-state index is -3.66. The average molecular weight is 1290 g/mol. The van der Waals surface area contributed by atoms with Crippen LogP contribution in [0, 0.1) is 87.8 Å². The largest absolute Gasteiger partial charge is 1.00 e. The molecular formula is C81H117LiO8S2. The Labute approximate surface area is 570 Å². The molecule has 3 N–H and O–H groups in total. The molecule has 1 unspecified atom stereocenters. The molecule has 1 saturated heterocycles. The van der Waals surface area contributed by atoms with E-state index < -0.39 is 42.2 Å². The summed E-state index contributed by atoms with van der Waals surface area (Å²) < 4.78 is 60.0. The summed E-state index contributed by atoms with van der Waals surface area (Å²) in [5, 5.41) is 32.8. The van der Waals surface area contributed by atoms with Gasteiger partial charge in [0.25, 0.3) is 0 Å². The van der Waals surface area contributed by atoms with Gasteiger partial charge in [-0.05, 0) is 238 Å². The monoisotopic (exact) mass is 1290 g/mol. The van der Waals surface area contributed by atoms with Gasteiger partial charge in [-0.2, -0.15) is 6.42 Å². The molecule has 0 bridgehead atoms. The summed E-state index contributed by atoms with van der Waals surface area (Å²) in [6, 6.07) is 37.7. The van der Waals surface area contributed by atoms with Crippen molar-refractivity contribution >= 4 is 19.7 Å². The van der Waals surface area contributed by atoms with Gasteiger partial charge in [0.2, 0.25) is 0 Å². The maximum atomic E-state index is 14.3. The van der Waals surface area contributed by atoms with E-state index >= 15 is 0 Å². The average Bonchev–Trinajstić information content (AvgIpc) is 1.32. The number of fused-ring (bicyclic) bond motifs is 10. The van der Waals surface area contributed by atoms with Gasteiger partial charge in [0.05, 0.1) is 44.7 Å². The maximum absolute atomic E-state index is 14.3. The van der Waals surface area contributed by atoms with Gasteiger partial charge in [0.1, 0.15) is 6.10 Å². The molecule has 9 aliphatic rings. The van der Waals surface area contributed by atoms with Crippen molar-refractivity contribution in [2.75, 3.05) is 12.4 Å². The van der Waals surface area contributed by atoms with Crippen LogP contribution in [0.5, 0.6) is 0 Å². The minimum absolute atomic E-state index is 0. The van der Waals surface area contributed by atoms with Crippen molar-refractivity contribution in [2.45, 2.75) is 243 Å². The smallest absolute Gasteiger partial charge is 0.390 e. The first-order valence-electron chi connectivity index (χ1n) is 35.4. The molecule has 4 aromatic rings. The zero-order chi connectivity index (χ0) is 64.5. The molecule has 8 aliphatic carbocycles. The van der Waals surface area contributed by atoms with E-state index in [1.807, 2.05) is 72.8 Å². The summed E-state index contributed by atoms with van der Waals surface area (Å²) in [5.74, 6) is 5.10. The molecule has 13 rings (SSSR count). The van der Waals surface area contributed by atoms with Crippen molar-refractivity contribution in [2.24, 2.45) is 80.8 Å². The van der Waals surface area contributed by atoms with Crippen LogP contribution in [0.25, 0.3) is 0 Å². The fourth-order valence-corrected chi connectivity index (χ4v) is 24.5. The van der Waals surface area contributed by atoms with Crippen molar-refractivity contribution in [3.63, 3.8) is 0 Å². The van der Waals surface area contributed by atoms with E-state index in [1.165, 1.54) is 55.2 Å². The molecule has 6 saturated carbocycles. The normalized spacial score (nSPS) is 36.1. The molecule has 7 fully saturated rings. The number of hydrogen-bond donors (Lipinski definition) is 3. The molecule has 1 heterocycles. The zero-order valence-corrected chi connectivity index (χ0v) is 59.0. The summed E-state index contributed by atoms with van der Waals surface area (Å²) in [6.07, 6.45) is 26.1. The SMILES string of the molecule is C.CC[C@]1(O)CC[C@@]2(C)C(=CC[C@H]3[C@@H]4CC[C@H]([C@H](C)C(C[C@@H](O)c5ccccc5)S(=O)(=O)c5ccccc5)[C@@]4(C)CC[C@@H]32)C1.CC[C@]1(O)CC[C@@]2(C)C(=CC[C@H]3[C@@H]4CC[C@H]([C@H](C)CS(=O)(=O)c5ccccc5)[C@@]4(C)CC[C@@H]32)C1.[CH2-]CCC.[Li+].c1ccc([C@H]2CO2)cc1. The minimum Gasteiger partial charge on any atom is -0.390 e. The number of hydrogen-bond acceptors (Lipinski definition) is 8. The second kappa shape index (κ2) is 30.2. The quantitative estimate of drug-likeness (QED) is 0.0462. The van der Waals surface area contributed by atoms with Crippen molar-refractivity contribution in [3.8, 4) is 0 Å². The van der Waals surface area contributed by atoms with Gasteiger partial charge >= 0.3 is 18.9 Å². The molecule has 92 heavy (non-hydrogen) atoms. The Bertz CT molecular complexity index is 3300. The summed E-state index contributed by atoms with van der Waals surface area (Å²) in [7, 11) is -6.92. The molecule has 0 amide bonds. The van der Waals surface area contributed by atoms with E-state index in [0.717, 1.165) is 102 Å². The molecule has 19 atom stereocenters. The number of rotatable bonds is 15. The maximum Gasteiger partial charge on any atom is 1.00 e. The first-order valence-corrected chi connectivity index (χ1v) is 38.6. The molecule has 11 heteroatoms. The van der Waals surface area contributed by atoms with Crippen LogP contribution in [-0.2, 0) is 24.4 Å². The fraction of sp³-hybridized carbons (Fsp3) is 0.642. The molecule has 0 aromatic heterocycles. The number of aliphatic hydroxyl groups excluding tert-OH is 1. The molecule has 0 radical (unpaired) electrons. The number of benzene rings is 4. The van der Waals surface area contributed by atoms with Gasteiger partial charge in [-0.25, -0.2) is 16.8 Å². The van der Waals surface area contributed by atoms with Crippen LogP contribution in [0.3, 0.4) is 0 Å². The van der Waals surface area contributed by atoms with Gasteiger partial charge in [-0.15, -0.1) is 0 Å². The fourth-order valence-electron chi connectivity index (χ4n) is 20.7. The van der Waals surface area contributed by atoms with E-state index in [1.54, 1.807) is 36.4 Å². The number of unbranched alkanes of at least 4 members (excludes halogenated alkanes) is 1. The summed E-state index contributed by atoms with van der Waals surface area (Å²) in [6.45, 7) is 25.2. The Morgan fingerprint density at radius 2 is 1.00 bits per heavy atom. The number of sulfone groups is 2. The Hall–Kier alpha value is -3.30. The van der Waals surface area contributed by atoms with Crippen LogP contribution in [0.2, 0.25) is 0 Å². The Kier molecular flexibility index (Phi) is 24.5. The van der Waals surface area contributed by atoms with Gasteiger partial charge in [-0.3, -0.25) is 0 Å². The molecule has 502 valence electrons. The predicted molar refractivity (Wildman–Crippen MR) is 373 cm³/mol. The van der Waals surface area contributed by atoms with Crippen LogP contribution in [-0.4, -0.2) is 61.0 Å². The second-order valence-electron chi connectivity index (χ2n) is 31.1. The summed E-state index contributed by atoms with van der Waals surface area (Å²) >= 11 is 0. The molecule has 8 nitrogen and oxygen atoms in total. The van der Waals surface area contributed by atoms with Crippen molar-refractivity contribution in [1.29, 1.82) is 0 Å². The third kappa shape index (κ3) is 15.0. The Morgan fingerprint density at radius 3 is 1.45 bits per heavy atom. The molecular weight excluding hydrogens is 1170 g/mol. The van der Waals surface area contributed by atoms with Gasteiger partial charge in [0, 0.05) is 0 Å². The summed E-state index contributed by atoms with van der Waals surface area (Å²) in [5.41, 5.74) is 4.82. The summed E-state index contributed by atoms with van der Waals surface area (Å²) in [4.78, 5) is 0.824. The van der Waals surface area contributed by atoms with Crippen LogP contribution in [0.15, 0.2) is 154 Å². The Balaban J connectivity index is 0.000000197. The van der Waals surface area contributed by atoms with E-state index in [2.05, 4.69) is 93.5 Å². The predicted octanol–water partition coefficient (Wildman–Crippen LogP) is 16.1. The van der Waals surface area contributed by atoms with Crippen molar-refractivity contribution in [3.05, 3.63) is 163 Å².